The van der Waals surface area contributed by atoms with Gasteiger partial charge in [-0.25, -0.2) is 9.28 Å². The first kappa shape index (κ1) is 21.0. The van der Waals surface area contributed by atoms with Crippen LogP contribution >= 0.6 is 0 Å². The molecular formula is C23H31N4O2+. The Balaban J connectivity index is 1.70. The summed E-state index contributed by atoms with van der Waals surface area (Å²) in [6, 6.07) is 17.7. The number of hydrogen-bond donors (Lipinski definition) is 1. The van der Waals surface area contributed by atoms with Crippen LogP contribution in [0, 0.1) is 0 Å². The average Bonchev–Trinajstić information content (AvgIpc) is 2.77. The zero-order valence-electron chi connectivity index (χ0n) is 17.4. The number of rotatable bonds is 7. The van der Waals surface area contributed by atoms with Crippen LogP contribution in [0.15, 0.2) is 54.6 Å². The second-order valence-electron chi connectivity index (χ2n) is 7.71. The van der Waals surface area contributed by atoms with Crippen LogP contribution < -0.4 is 15.1 Å². The van der Waals surface area contributed by atoms with E-state index in [4.69, 9.17) is 5.73 Å². The molecule has 29 heavy (non-hydrogen) atoms. The predicted molar refractivity (Wildman–Crippen MR) is 118 cm³/mol. The second kappa shape index (κ2) is 9.20. The Labute approximate surface area is 173 Å². The molecular weight excluding hydrogens is 364 g/mol. The molecule has 1 aliphatic rings. The Morgan fingerprint density at radius 2 is 1.59 bits per heavy atom. The van der Waals surface area contributed by atoms with Crippen molar-refractivity contribution in [2.75, 3.05) is 51.2 Å². The SMILES string of the molecule is CCC(=O)[N+](C)(CCN1CCN(c2ccccc2)CC1)c1ccccc1C(N)=O. The number of amides is 2. The molecule has 1 fully saturated rings. The third-order valence-corrected chi connectivity index (χ3v) is 5.91. The molecule has 6 heteroatoms. The van der Waals surface area contributed by atoms with E-state index in [1.807, 2.05) is 32.2 Å². The summed E-state index contributed by atoms with van der Waals surface area (Å²) >= 11 is 0. The average molecular weight is 396 g/mol. The van der Waals surface area contributed by atoms with Crippen molar-refractivity contribution >= 4 is 23.2 Å². The fraction of sp³-hybridized carbons (Fsp3) is 0.391. The first-order chi connectivity index (χ1) is 14.0. The van der Waals surface area contributed by atoms with Crippen LogP contribution in [0.4, 0.5) is 11.4 Å². The van der Waals surface area contributed by atoms with Crippen LogP contribution in [0.25, 0.3) is 0 Å². The number of anilines is 1. The van der Waals surface area contributed by atoms with E-state index in [0.717, 1.165) is 32.7 Å². The predicted octanol–water partition coefficient (Wildman–Crippen LogP) is 2.48. The number of nitrogens with two attached hydrogens (primary N) is 1. The highest BCUT2D eigenvalue weighted by Gasteiger charge is 2.36. The number of hydrogen-bond acceptors (Lipinski definition) is 4. The van der Waals surface area contributed by atoms with E-state index in [2.05, 4.69) is 34.1 Å². The first-order valence-electron chi connectivity index (χ1n) is 10.3. The Morgan fingerprint density at radius 1 is 0.966 bits per heavy atom. The number of carbonyl (C=O) groups is 2. The number of nitrogens with zero attached hydrogens (tertiary/aromatic N) is 3. The molecule has 1 atom stereocenters. The van der Waals surface area contributed by atoms with Gasteiger partial charge in [-0.1, -0.05) is 37.3 Å². The van der Waals surface area contributed by atoms with Crippen molar-refractivity contribution in [2.45, 2.75) is 13.3 Å². The van der Waals surface area contributed by atoms with Crippen molar-refractivity contribution in [1.29, 1.82) is 0 Å². The topological polar surface area (TPSA) is 66.6 Å². The maximum absolute atomic E-state index is 12.9. The van der Waals surface area contributed by atoms with Crippen molar-refractivity contribution in [3.63, 3.8) is 0 Å². The maximum atomic E-state index is 12.9. The van der Waals surface area contributed by atoms with Crippen LogP contribution in [0.5, 0.6) is 0 Å². The van der Waals surface area contributed by atoms with Gasteiger partial charge >= 0.3 is 5.91 Å². The lowest BCUT2D eigenvalue weighted by Crippen LogP contribution is -2.56. The number of benzene rings is 2. The molecule has 3 rings (SSSR count). The molecule has 1 unspecified atom stereocenters. The summed E-state index contributed by atoms with van der Waals surface area (Å²) in [4.78, 5) is 29.6. The molecule has 1 heterocycles. The number of carbonyl (C=O) groups excluding carboxylic acids is 2. The Hall–Kier alpha value is -2.70. The summed E-state index contributed by atoms with van der Waals surface area (Å²) < 4.78 is 0.0918. The van der Waals surface area contributed by atoms with Crippen molar-refractivity contribution in [2.24, 2.45) is 5.73 Å². The van der Waals surface area contributed by atoms with Crippen molar-refractivity contribution in [3.05, 3.63) is 60.2 Å². The van der Waals surface area contributed by atoms with Gasteiger partial charge in [-0.05, 0) is 18.2 Å². The second-order valence-corrected chi connectivity index (χ2v) is 7.71. The number of piperazine rings is 1. The van der Waals surface area contributed by atoms with E-state index in [1.54, 1.807) is 12.1 Å². The molecule has 0 bridgehead atoms. The molecule has 0 spiro atoms. The number of quaternary nitrogens is 1. The highest BCUT2D eigenvalue weighted by molar-refractivity contribution is 6.01. The summed E-state index contributed by atoms with van der Waals surface area (Å²) in [6.07, 6.45) is 0.408. The minimum Gasteiger partial charge on any atom is -0.369 e. The van der Waals surface area contributed by atoms with Gasteiger partial charge in [0, 0.05) is 44.5 Å². The number of para-hydroxylation sites is 2. The fourth-order valence-corrected chi connectivity index (χ4v) is 4.05. The van der Waals surface area contributed by atoms with Gasteiger partial charge in [-0.3, -0.25) is 9.69 Å². The molecule has 0 aliphatic carbocycles. The van der Waals surface area contributed by atoms with Crippen LogP contribution in [-0.2, 0) is 4.79 Å². The quantitative estimate of drug-likeness (QED) is 0.732. The summed E-state index contributed by atoms with van der Waals surface area (Å²) in [6.45, 7) is 7.10. The normalized spacial score (nSPS) is 17.0. The zero-order chi connectivity index (χ0) is 20.9. The van der Waals surface area contributed by atoms with E-state index in [9.17, 15) is 9.59 Å². The third-order valence-electron chi connectivity index (χ3n) is 5.91. The van der Waals surface area contributed by atoms with Gasteiger partial charge in [-0.15, -0.1) is 0 Å². The van der Waals surface area contributed by atoms with Gasteiger partial charge in [0.15, 0.2) is 5.69 Å². The van der Waals surface area contributed by atoms with Gasteiger partial charge in [-0.2, -0.15) is 0 Å². The molecule has 2 N–H and O–H groups in total. The largest absolute Gasteiger partial charge is 0.369 e. The smallest absolute Gasteiger partial charge is 0.318 e. The Morgan fingerprint density at radius 3 is 2.21 bits per heavy atom. The van der Waals surface area contributed by atoms with E-state index in [1.165, 1.54) is 5.69 Å². The lowest BCUT2D eigenvalue weighted by atomic mass is 10.1. The zero-order valence-corrected chi connectivity index (χ0v) is 17.4. The standard InChI is InChI=1S/C23H30N4O2/c1-3-22(28)27(2,21-12-8-7-11-20(21)23(24)29)18-17-25-13-15-26(16-14-25)19-9-5-4-6-10-19/h4-12H,3,13-18H2,1-2H3,(H-,24,29)/p+1. The van der Waals surface area contributed by atoms with Crippen molar-refractivity contribution in [1.82, 2.24) is 9.38 Å². The summed E-state index contributed by atoms with van der Waals surface area (Å²) in [5.41, 5.74) is 7.95. The van der Waals surface area contributed by atoms with Gasteiger partial charge in [0.05, 0.1) is 13.5 Å². The molecule has 6 nitrogen and oxygen atoms in total. The lowest BCUT2D eigenvalue weighted by Gasteiger charge is -2.38. The van der Waals surface area contributed by atoms with E-state index < -0.39 is 5.91 Å². The van der Waals surface area contributed by atoms with Crippen LogP contribution in [-0.4, -0.2) is 63.0 Å². The fourth-order valence-electron chi connectivity index (χ4n) is 4.05. The monoisotopic (exact) mass is 395 g/mol. The molecule has 1 saturated heterocycles. The molecule has 2 amide bonds. The summed E-state index contributed by atoms with van der Waals surface area (Å²) in [5.74, 6) is -0.410. The van der Waals surface area contributed by atoms with Gasteiger partial charge < -0.3 is 10.6 Å². The van der Waals surface area contributed by atoms with E-state index in [-0.39, 0.29) is 10.4 Å². The lowest BCUT2D eigenvalue weighted by molar-refractivity contribution is -0.129. The Kier molecular flexibility index (Phi) is 6.67. The van der Waals surface area contributed by atoms with Crippen LogP contribution in [0.1, 0.15) is 23.7 Å². The van der Waals surface area contributed by atoms with Crippen molar-refractivity contribution < 1.29 is 9.59 Å². The van der Waals surface area contributed by atoms with Crippen molar-refractivity contribution in [3.8, 4) is 0 Å². The number of primary amides is 1. The minimum absolute atomic E-state index is 0.0848. The van der Waals surface area contributed by atoms with E-state index in [0.29, 0.717) is 24.2 Å². The van der Waals surface area contributed by atoms with Crippen LogP contribution in [0.3, 0.4) is 0 Å². The minimum atomic E-state index is -0.495. The van der Waals surface area contributed by atoms with Gasteiger partial charge in [0.25, 0.3) is 5.91 Å². The molecule has 154 valence electrons. The highest BCUT2D eigenvalue weighted by atomic mass is 16.2. The molecule has 0 radical (unpaired) electrons. The molecule has 1 aliphatic heterocycles. The van der Waals surface area contributed by atoms with Crippen LogP contribution in [0.2, 0.25) is 0 Å². The molecule has 0 saturated carbocycles. The summed E-state index contributed by atoms with van der Waals surface area (Å²) in [7, 11) is 1.90. The molecule has 0 aromatic heterocycles. The molecule has 2 aromatic rings. The summed E-state index contributed by atoms with van der Waals surface area (Å²) in [5, 5.41) is 0. The number of likely N-dealkylation sites (N-methyl/N-ethyl adjacent to an activating group) is 1. The van der Waals surface area contributed by atoms with Gasteiger partial charge in [0.1, 0.15) is 12.1 Å². The maximum Gasteiger partial charge on any atom is 0.318 e. The third kappa shape index (κ3) is 4.66. The van der Waals surface area contributed by atoms with E-state index >= 15 is 0 Å². The van der Waals surface area contributed by atoms with Gasteiger partial charge in [0.2, 0.25) is 0 Å². The highest BCUT2D eigenvalue weighted by Crippen LogP contribution is 2.27. The first-order valence-corrected chi connectivity index (χ1v) is 10.3. The Bertz CT molecular complexity index is 847. The molecule has 2 aromatic carbocycles.